The molecule has 5 nitrogen and oxygen atoms in total. The van der Waals surface area contributed by atoms with Gasteiger partial charge in [0.05, 0.1) is 18.7 Å². The van der Waals surface area contributed by atoms with E-state index in [2.05, 4.69) is 16.2 Å². The van der Waals surface area contributed by atoms with Crippen LogP contribution in [0.4, 0.5) is 0 Å². The molecular formula is C13H12N4O. The number of rotatable bonds is 2. The van der Waals surface area contributed by atoms with Crippen LogP contribution < -0.4 is 4.74 Å². The monoisotopic (exact) mass is 240 g/mol. The topological polar surface area (TPSA) is 63.7 Å². The quantitative estimate of drug-likeness (QED) is 0.801. The highest BCUT2D eigenvalue weighted by Gasteiger charge is 2.25. The zero-order chi connectivity index (χ0) is 12.5. The summed E-state index contributed by atoms with van der Waals surface area (Å²) < 4.78 is 7.18. The highest BCUT2D eigenvalue weighted by Crippen LogP contribution is 2.32. The number of hydrogen-bond acceptors (Lipinski definition) is 4. The Balaban J connectivity index is 2.02. The first-order valence-corrected chi connectivity index (χ1v) is 5.80. The molecule has 1 atom stereocenters. The van der Waals surface area contributed by atoms with Gasteiger partial charge in [-0.3, -0.25) is 0 Å². The van der Waals surface area contributed by atoms with Gasteiger partial charge in [-0.05, 0) is 24.1 Å². The van der Waals surface area contributed by atoms with Crippen LogP contribution in [0.1, 0.15) is 29.4 Å². The van der Waals surface area contributed by atoms with Crippen LogP contribution in [0.5, 0.6) is 5.75 Å². The van der Waals surface area contributed by atoms with Gasteiger partial charge < -0.3 is 4.74 Å². The van der Waals surface area contributed by atoms with Crippen molar-refractivity contribution < 1.29 is 4.74 Å². The predicted molar refractivity (Wildman–Crippen MR) is 64.2 cm³/mol. The second-order valence-electron chi connectivity index (χ2n) is 4.25. The molecule has 1 aliphatic rings. The van der Waals surface area contributed by atoms with Crippen molar-refractivity contribution in [3.8, 4) is 11.8 Å². The molecule has 0 spiro atoms. The van der Waals surface area contributed by atoms with Crippen molar-refractivity contribution in [3.63, 3.8) is 0 Å². The number of hydrogen-bond donors (Lipinski definition) is 0. The molecule has 0 radical (unpaired) electrons. The van der Waals surface area contributed by atoms with Gasteiger partial charge in [0, 0.05) is 6.42 Å². The number of nitriles is 1. The third-order valence-electron chi connectivity index (χ3n) is 3.31. The zero-order valence-electron chi connectivity index (χ0n) is 10.00. The van der Waals surface area contributed by atoms with Crippen LogP contribution in [-0.2, 0) is 6.42 Å². The summed E-state index contributed by atoms with van der Waals surface area (Å²) in [7, 11) is 1.58. The van der Waals surface area contributed by atoms with Crippen LogP contribution in [0, 0.1) is 11.3 Å². The summed E-state index contributed by atoms with van der Waals surface area (Å²) in [6.45, 7) is 0. The molecule has 18 heavy (non-hydrogen) atoms. The van der Waals surface area contributed by atoms with E-state index in [4.69, 9.17) is 10.00 Å². The van der Waals surface area contributed by atoms with Gasteiger partial charge in [0.25, 0.3) is 0 Å². The lowest BCUT2D eigenvalue weighted by atomic mass is 10.0. The molecule has 2 heterocycles. The van der Waals surface area contributed by atoms with Gasteiger partial charge in [-0.15, -0.1) is 0 Å². The molecule has 0 aliphatic carbocycles. The normalized spacial score (nSPS) is 17.2. The molecule has 5 heteroatoms. The van der Waals surface area contributed by atoms with Crippen molar-refractivity contribution >= 4 is 0 Å². The number of ether oxygens (including phenoxy) is 1. The van der Waals surface area contributed by atoms with Crippen LogP contribution in [0.15, 0.2) is 24.5 Å². The third-order valence-corrected chi connectivity index (χ3v) is 3.31. The minimum Gasteiger partial charge on any atom is -0.495 e. The maximum Gasteiger partial charge on any atom is 0.138 e. The van der Waals surface area contributed by atoms with Crippen LogP contribution in [0.2, 0.25) is 0 Å². The Kier molecular flexibility index (Phi) is 2.49. The Hall–Kier alpha value is -2.35. The van der Waals surface area contributed by atoms with Gasteiger partial charge in [-0.2, -0.15) is 10.4 Å². The molecule has 1 aliphatic heterocycles. The lowest BCUT2D eigenvalue weighted by molar-refractivity contribution is 0.411. The molecular weight excluding hydrogens is 228 g/mol. The van der Waals surface area contributed by atoms with Crippen molar-refractivity contribution in [1.29, 1.82) is 5.26 Å². The first-order valence-electron chi connectivity index (χ1n) is 5.80. The first-order chi connectivity index (χ1) is 8.83. The van der Waals surface area contributed by atoms with Crippen LogP contribution in [0.3, 0.4) is 0 Å². The Bertz CT molecular complexity index is 626. The van der Waals surface area contributed by atoms with E-state index in [-0.39, 0.29) is 6.04 Å². The van der Waals surface area contributed by atoms with Crippen LogP contribution in [-0.4, -0.2) is 21.9 Å². The predicted octanol–water partition coefficient (Wildman–Crippen LogP) is 1.69. The van der Waals surface area contributed by atoms with Crippen molar-refractivity contribution in [2.45, 2.75) is 18.9 Å². The number of benzene rings is 1. The zero-order valence-corrected chi connectivity index (χ0v) is 10.00. The summed E-state index contributed by atoms with van der Waals surface area (Å²) >= 11 is 0. The Morgan fingerprint density at radius 1 is 1.50 bits per heavy atom. The number of nitrogens with zero attached hydrogens (tertiary/aromatic N) is 4. The second kappa shape index (κ2) is 4.15. The number of fused-ring (bicyclic) bond motifs is 1. The maximum atomic E-state index is 8.97. The minimum atomic E-state index is 0.198. The van der Waals surface area contributed by atoms with Gasteiger partial charge in [0.1, 0.15) is 24.0 Å². The van der Waals surface area contributed by atoms with Gasteiger partial charge in [0.15, 0.2) is 0 Å². The van der Waals surface area contributed by atoms with E-state index in [0.29, 0.717) is 11.3 Å². The minimum absolute atomic E-state index is 0.198. The van der Waals surface area contributed by atoms with Crippen molar-refractivity contribution in [2.24, 2.45) is 0 Å². The van der Waals surface area contributed by atoms with E-state index >= 15 is 0 Å². The molecule has 0 amide bonds. The fourth-order valence-electron chi connectivity index (χ4n) is 2.42. The SMILES string of the molecule is COc1cc(C2CCc3ncnn32)ccc1C#N. The number of aryl methyl sites for hydroxylation is 1. The molecule has 3 rings (SSSR count). The maximum absolute atomic E-state index is 8.97. The van der Waals surface area contributed by atoms with Gasteiger partial charge in [-0.1, -0.05) is 6.07 Å². The summed E-state index contributed by atoms with van der Waals surface area (Å²) in [6, 6.07) is 7.99. The fraction of sp³-hybridized carbons (Fsp3) is 0.308. The summed E-state index contributed by atoms with van der Waals surface area (Å²) in [5, 5.41) is 13.2. The van der Waals surface area contributed by atoms with E-state index in [1.807, 2.05) is 16.8 Å². The smallest absolute Gasteiger partial charge is 0.138 e. The Labute approximate surface area is 105 Å². The summed E-state index contributed by atoms with van der Waals surface area (Å²) in [6.07, 6.45) is 3.51. The number of methoxy groups -OCH3 is 1. The van der Waals surface area contributed by atoms with E-state index in [9.17, 15) is 0 Å². The van der Waals surface area contributed by atoms with E-state index in [1.54, 1.807) is 19.5 Å². The highest BCUT2D eigenvalue weighted by molar-refractivity contribution is 5.46. The lowest BCUT2D eigenvalue weighted by Gasteiger charge is -2.13. The lowest BCUT2D eigenvalue weighted by Crippen LogP contribution is -2.07. The van der Waals surface area contributed by atoms with E-state index in [0.717, 1.165) is 24.2 Å². The third kappa shape index (κ3) is 1.54. The molecule has 0 saturated carbocycles. The summed E-state index contributed by atoms with van der Waals surface area (Å²) in [5.41, 5.74) is 1.66. The Morgan fingerprint density at radius 3 is 3.17 bits per heavy atom. The van der Waals surface area contributed by atoms with Crippen LogP contribution in [0.25, 0.3) is 0 Å². The second-order valence-corrected chi connectivity index (χ2v) is 4.25. The molecule has 2 aromatic rings. The molecule has 0 N–H and O–H groups in total. The van der Waals surface area contributed by atoms with Crippen molar-refractivity contribution in [2.75, 3.05) is 7.11 Å². The van der Waals surface area contributed by atoms with E-state index < -0.39 is 0 Å². The fourth-order valence-corrected chi connectivity index (χ4v) is 2.42. The molecule has 90 valence electrons. The van der Waals surface area contributed by atoms with Crippen molar-refractivity contribution in [3.05, 3.63) is 41.5 Å². The van der Waals surface area contributed by atoms with E-state index in [1.165, 1.54) is 0 Å². The van der Waals surface area contributed by atoms with Gasteiger partial charge in [0.2, 0.25) is 0 Å². The summed E-state index contributed by atoms with van der Waals surface area (Å²) in [4.78, 5) is 4.22. The largest absolute Gasteiger partial charge is 0.495 e. The standard InChI is InChI=1S/C13H12N4O/c1-18-12-6-9(2-3-10(12)7-14)11-4-5-13-15-8-16-17(11)13/h2-3,6,8,11H,4-5H2,1H3. The number of aromatic nitrogens is 3. The van der Waals surface area contributed by atoms with Crippen LogP contribution >= 0.6 is 0 Å². The average molecular weight is 240 g/mol. The molecule has 1 aromatic carbocycles. The molecule has 0 saturated heterocycles. The van der Waals surface area contributed by atoms with Crippen molar-refractivity contribution in [1.82, 2.24) is 14.8 Å². The average Bonchev–Trinajstić information content (AvgIpc) is 3.00. The molecule has 0 bridgehead atoms. The molecule has 1 aromatic heterocycles. The van der Waals surface area contributed by atoms with Gasteiger partial charge in [-0.25, -0.2) is 9.67 Å². The summed E-state index contributed by atoms with van der Waals surface area (Å²) in [5.74, 6) is 1.63. The highest BCUT2D eigenvalue weighted by atomic mass is 16.5. The first kappa shape index (κ1) is 10.8. The Morgan fingerprint density at radius 2 is 2.39 bits per heavy atom. The molecule has 1 unspecified atom stereocenters. The van der Waals surface area contributed by atoms with Gasteiger partial charge >= 0.3 is 0 Å². The molecule has 0 fully saturated rings.